The SMILES string of the molecule is N#Cc1ccc(Sc2ccc([N+](=O)[O-])cc2)c(C(F)(F)F)c1. The number of non-ortho nitro benzene ring substituents is 1. The van der Waals surface area contributed by atoms with E-state index in [4.69, 9.17) is 5.26 Å². The first kappa shape index (κ1) is 15.9. The van der Waals surface area contributed by atoms with Crippen molar-refractivity contribution in [3.05, 3.63) is 63.7 Å². The van der Waals surface area contributed by atoms with Crippen molar-refractivity contribution in [3.8, 4) is 6.07 Å². The van der Waals surface area contributed by atoms with Gasteiger partial charge >= 0.3 is 6.18 Å². The van der Waals surface area contributed by atoms with Crippen molar-refractivity contribution in [2.24, 2.45) is 0 Å². The molecule has 0 aromatic heterocycles. The number of rotatable bonds is 3. The second kappa shape index (κ2) is 6.07. The lowest BCUT2D eigenvalue weighted by atomic mass is 10.1. The molecular formula is C14H7F3N2O2S. The largest absolute Gasteiger partial charge is 0.417 e. The minimum Gasteiger partial charge on any atom is -0.258 e. The molecular weight excluding hydrogens is 317 g/mol. The average molecular weight is 324 g/mol. The average Bonchev–Trinajstić information content (AvgIpc) is 2.47. The maximum Gasteiger partial charge on any atom is 0.417 e. The van der Waals surface area contributed by atoms with E-state index >= 15 is 0 Å². The van der Waals surface area contributed by atoms with E-state index in [9.17, 15) is 23.3 Å². The summed E-state index contributed by atoms with van der Waals surface area (Å²) in [6.45, 7) is 0. The summed E-state index contributed by atoms with van der Waals surface area (Å²) in [6, 6.07) is 10.2. The summed E-state index contributed by atoms with van der Waals surface area (Å²) >= 11 is 0.829. The zero-order chi connectivity index (χ0) is 16.3. The molecule has 0 unspecified atom stereocenters. The molecule has 112 valence electrons. The minimum atomic E-state index is -4.59. The van der Waals surface area contributed by atoms with Crippen molar-refractivity contribution < 1.29 is 18.1 Å². The van der Waals surface area contributed by atoms with E-state index in [1.54, 1.807) is 6.07 Å². The Labute approximate surface area is 127 Å². The molecule has 0 saturated carbocycles. The van der Waals surface area contributed by atoms with E-state index in [1.165, 1.54) is 36.4 Å². The van der Waals surface area contributed by atoms with Crippen molar-refractivity contribution in [2.45, 2.75) is 16.0 Å². The highest BCUT2D eigenvalue weighted by Gasteiger charge is 2.34. The standard InChI is InChI=1S/C14H7F3N2O2S/c15-14(16,17)12-7-9(8-18)1-6-13(12)22-11-4-2-10(3-5-11)19(20)21/h1-7H. The zero-order valence-electron chi connectivity index (χ0n) is 10.8. The first-order valence-electron chi connectivity index (χ1n) is 5.85. The van der Waals surface area contributed by atoms with Crippen molar-refractivity contribution in [2.75, 3.05) is 0 Å². The molecule has 0 aliphatic heterocycles. The molecule has 0 heterocycles. The van der Waals surface area contributed by atoms with Crippen LogP contribution in [0.5, 0.6) is 0 Å². The molecule has 0 atom stereocenters. The van der Waals surface area contributed by atoms with E-state index in [0.717, 1.165) is 17.8 Å². The van der Waals surface area contributed by atoms with Gasteiger partial charge in [0.05, 0.1) is 22.1 Å². The van der Waals surface area contributed by atoms with E-state index in [1.807, 2.05) is 0 Å². The first-order valence-corrected chi connectivity index (χ1v) is 6.66. The van der Waals surface area contributed by atoms with Gasteiger partial charge in [-0.15, -0.1) is 0 Å². The summed E-state index contributed by atoms with van der Waals surface area (Å²) < 4.78 is 39.1. The first-order chi connectivity index (χ1) is 10.3. The summed E-state index contributed by atoms with van der Waals surface area (Å²) in [6.07, 6.45) is -4.59. The van der Waals surface area contributed by atoms with Gasteiger partial charge in [0.15, 0.2) is 0 Å². The number of nitriles is 1. The van der Waals surface area contributed by atoms with Crippen LogP contribution in [0.4, 0.5) is 18.9 Å². The maximum absolute atomic E-state index is 13.0. The Hall–Kier alpha value is -2.53. The van der Waals surface area contributed by atoms with Crippen LogP contribution in [-0.2, 0) is 6.18 Å². The molecule has 4 nitrogen and oxygen atoms in total. The Balaban J connectivity index is 2.37. The summed E-state index contributed by atoms with van der Waals surface area (Å²) in [5, 5.41) is 19.2. The zero-order valence-corrected chi connectivity index (χ0v) is 11.6. The highest BCUT2D eigenvalue weighted by Crippen LogP contribution is 2.40. The predicted molar refractivity (Wildman–Crippen MR) is 73.4 cm³/mol. The second-order valence-electron chi connectivity index (χ2n) is 4.17. The quantitative estimate of drug-likeness (QED) is 0.609. The number of nitrogens with zero attached hydrogens (tertiary/aromatic N) is 2. The van der Waals surface area contributed by atoms with E-state index in [-0.39, 0.29) is 16.1 Å². The van der Waals surface area contributed by atoms with Crippen molar-refractivity contribution in [3.63, 3.8) is 0 Å². The summed E-state index contributed by atoms with van der Waals surface area (Å²) in [5.41, 5.74) is -1.13. The molecule has 2 aromatic rings. The third-order valence-electron chi connectivity index (χ3n) is 2.69. The number of nitro benzene ring substituents is 1. The van der Waals surface area contributed by atoms with Crippen molar-refractivity contribution in [1.82, 2.24) is 0 Å². The smallest absolute Gasteiger partial charge is 0.258 e. The third-order valence-corrected chi connectivity index (χ3v) is 3.77. The van der Waals surface area contributed by atoms with E-state index in [2.05, 4.69) is 0 Å². The Morgan fingerprint density at radius 2 is 1.77 bits per heavy atom. The Kier molecular flexibility index (Phi) is 4.37. The summed E-state index contributed by atoms with van der Waals surface area (Å²) in [7, 11) is 0. The van der Waals surface area contributed by atoms with Gasteiger partial charge in [0.1, 0.15) is 0 Å². The monoisotopic (exact) mass is 324 g/mol. The van der Waals surface area contributed by atoms with Gasteiger partial charge in [0, 0.05) is 21.9 Å². The van der Waals surface area contributed by atoms with Gasteiger partial charge in [0.25, 0.3) is 5.69 Å². The fourth-order valence-corrected chi connectivity index (χ4v) is 2.62. The lowest BCUT2D eigenvalue weighted by molar-refractivity contribution is -0.384. The number of alkyl halides is 3. The number of halogens is 3. The fraction of sp³-hybridized carbons (Fsp3) is 0.0714. The molecule has 0 aliphatic rings. The van der Waals surface area contributed by atoms with Gasteiger partial charge in [-0.2, -0.15) is 18.4 Å². The Morgan fingerprint density at radius 3 is 2.27 bits per heavy atom. The van der Waals surface area contributed by atoms with Gasteiger partial charge in [-0.05, 0) is 30.3 Å². The highest BCUT2D eigenvalue weighted by molar-refractivity contribution is 7.99. The van der Waals surface area contributed by atoms with E-state index in [0.29, 0.717) is 4.90 Å². The van der Waals surface area contributed by atoms with Crippen LogP contribution < -0.4 is 0 Å². The Morgan fingerprint density at radius 1 is 1.14 bits per heavy atom. The van der Waals surface area contributed by atoms with Crippen LogP contribution in [0.3, 0.4) is 0 Å². The van der Waals surface area contributed by atoms with Gasteiger partial charge in [0.2, 0.25) is 0 Å². The third kappa shape index (κ3) is 3.56. The predicted octanol–water partition coefficient (Wildman–Crippen LogP) is 4.64. The second-order valence-corrected chi connectivity index (χ2v) is 5.29. The molecule has 2 aromatic carbocycles. The molecule has 0 fully saturated rings. The van der Waals surface area contributed by atoms with Crippen LogP contribution in [0.1, 0.15) is 11.1 Å². The molecule has 0 amide bonds. The topological polar surface area (TPSA) is 66.9 Å². The number of benzene rings is 2. The van der Waals surface area contributed by atoms with Crippen molar-refractivity contribution in [1.29, 1.82) is 5.26 Å². The van der Waals surface area contributed by atoms with Crippen LogP contribution in [-0.4, -0.2) is 4.92 Å². The van der Waals surface area contributed by atoms with Gasteiger partial charge < -0.3 is 0 Å². The molecule has 0 spiro atoms. The Bertz CT molecular complexity index is 752. The number of nitro groups is 1. The molecule has 0 bridgehead atoms. The summed E-state index contributed by atoms with van der Waals surface area (Å²) in [5.74, 6) is 0. The molecule has 0 aliphatic carbocycles. The van der Waals surface area contributed by atoms with Gasteiger partial charge in [-0.25, -0.2) is 0 Å². The van der Waals surface area contributed by atoms with Gasteiger partial charge in [-0.3, -0.25) is 10.1 Å². The molecule has 0 radical (unpaired) electrons. The molecule has 0 saturated heterocycles. The number of hydrogen-bond donors (Lipinski definition) is 0. The molecule has 2 rings (SSSR count). The van der Waals surface area contributed by atoms with Crippen LogP contribution in [0.2, 0.25) is 0 Å². The summed E-state index contributed by atoms with van der Waals surface area (Å²) in [4.78, 5) is 10.3. The lowest BCUT2D eigenvalue weighted by Crippen LogP contribution is -2.07. The van der Waals surface area contributed by atoms with Crippen LogP contribution >= 0.6 is 11.8 Å². The highest BCUT2D eigenvalue weighted by atomic mass is 32.2. The van der Waals surface area contributed by atoms with Gasteiger partial charge in [-0.1, -0.05) is 11.8 Å². The fourth-order valence-electron chi connectivity index (χ4n) is 1.67. The van der Waals surface area contributed by atoms with Crippen LogP contribution in [0.25, 0.3) is 0 Å². The van der Waals surface area contributed by atoms with E-state index < -0.39 is 16.7 Å². The van der Waals surface area contributed by atoms with Crippen LogP contribution in [0, 0.1) is 21.4 Å². The molecule has 8 heteroatoms. The molecule has 0 N–H and O–H groups in total. The van der Waals surface area contributed by atoms with Crippen LogP contribution in [0.15, 0.2) is 52.3 Å². The minimum absolute atomic E-state index is 0.0691. The molecule has 22 heavy (non-hydrogen) atoms. The number of hydrogen-bond acceptors (Lipinski definition) is 4. The lowest BCUT2D eigenvalue weighted by Gasteiger charge is -2.12. The van der Waals surface area contributed by atoms with Crippen molar-refractivity contribution >= 4 is 17.4 Å². The maximum atomic E-state index is 13.0. The normalized spacial score (nSPS) is 11.0.